The third-order valence-corrected chi connectivity index (χ3v) is 4.35. The van der Waals surface area contributed by atoms with Gasteiger partial charge >= 0.3 is 35.0 Å². The van der Waals surface area contributed by atoms with Gasteiger partial charge < -0.3 is 0 Å². The number of halogens is 2. The topological polar surface area (TPSA) is 0 Å². The quantitative estimate of drug-likeness (QED) is 0.431. The van der Waals surface area contributed by atoms with Gasteiger partial charge in [0.1, 0.15) is 0 Å². The number of benzene rings is 2. The van der Waals surface area contributed by atoms with Gasteiger partial charge in [0.15, 0.2) is 0 Å². The molecule has 22 heavy (non-hydrogen) atoms. The maximum atomic E-state index is 4.81. The summed E-state index contributed by atoms with van der Waals surface area (Å²) in [5.41, 5.74) is 1.38. The Balaban J connectivity index is 0.000000562. The van der Waals surface area contributed by atoms with Crippen LogP contribution in [0.2, 0.25) is 0 Å². The molecule has 2 aromatic carbocycles. The summed E-state index contributed by atoms with van der Waals surface area (Å²) < 4.78 is 0. The maximum absolute atomic E-state index is 4.81. The van der Waals surface area contributed by atoms with Crippen molar-refractivity contribution in [3.8, 4) is 0 Å². The van der Waals surface area contributed by atoms with Crippen molar-refractivity contribution in [2.75, 3.05) is 0 Å². The third kappa shape index (κ3) is 6.70. The van der Waals surface area contributed by atoms with Crippen LogP contribution in [0.1, 0.15) is 11.5 Å². The van der Waals surface area contributed by atoms with Gasteiger partial charge in [0, 0.05) is 23.0 Å². The zero-order chi connectivity index (χ0) is 14.9. The predicted octanol–water partition coefficient (Wildman–Crippen LogP) is 4.90. The summed E-state index contributed by atoms with van der Waals surface area (Å²) in [5.74, 6) is 0.471. The van der Waals surface area contributed by atoms with Gasteiger partial charge in [-0.3, -0.25) is 0 Å². The molecule has 0 nitrogen and oxygen atoms in total. The van der Waals surface area contributed by atoms with Crippen molar-refractivity contribution >= 4 is 38.2 Å². The van der Waals surface area contributed by atoms with Crippen molar-refractivity contribution < 1.29 is 33.0 Å². The van der Waals surface area contributed by atoms with Crippen LogP contribution in [0.25, 0.3) is 0 Å². The molecule has 0 aromatic heterocycles. The normalized spacial score (nSPS) is 13.2. The van der Waals surface area contributed by atoms with Gasteiger partial charge in [0.25, 0.3) is 0 Å². The Hall–Kier alpha value is 0.112. The molecule has 1 atom stereocenters. The zero-order valence-corrected chi connectivity index (χ0v) is 16.7. The molecule has 0 saturated heterocycles. The SMILES string of the molecule is C1=CC(c2ccc(Pc3ccccc3)cc2)C=C1.[Cl][Pd][Cl].[Fe]. The van der Waals surface area contributed by atoms with E-state index >= 15 is 0 Å². The van der Waals surface area contributed by atoms with Gasteiger partial charge in [-0.1, -0.05) is 87.5 Å². The Morgan fingerprint density at radius 2 is 1.27 bits per heavy atom. The number of rotatable bonds is 3. The van der Waals surface area contributed by atoms with Gasteiger partial charge in [0.05, 0.1) is 0 Å². The van der Waals surface area contributed by atoms with E-state index in [-0.39, 0.29) is 33.0 Å². The molecule has 120 valence electrons. The summed E-state index contributed by atoms with van der Waals surface area (Å²) >= 11 is -0.106. The van der Waals surface area contributed by atoms with Crippen molar-refractivity contribution in [2.24, 2.45) is 0 Å². The first-order valence-corrected chi connectivity index (χ1v) is 11.4. The predicted molar refractivity (Wildman–Crippen MR) is 93.2 cm³/mol. The Morgan fingerprint density at radius 1 is 0.773 bits per heavy atom. The summed E-state index contributed by atoms with van der Waals surface area (Å²) in [5, 5.41) is 2.79. The Bertz CT molecular complexity index is 588. The molecule has 0 aliphatic heterocycles. The van der Waals surface area contributed by atoms with Crippen LogP contribution in [-0.2, 0) is 33.0 Å². The summed E-state index contributed by atoms with van der Waals surface area (Å²) in [7, 11) is 10.4. The molecular formula is C17H15Cl2FePPd. The minimum atomic E-state index is -0.106. The van der Waals surface area contributed by atoms with Crippen molar-refractivity contribution in [3.05, 3.63) is 84.5 Å². The van der Waals surface area contributed by atoms with Gasteiger partial charge in [-0.25, -0.2) is 0 Å². The van der Waals surface area contributed by atoms with Crippen molar-refractivity contribution in [1.82, 2.24) is 0 Å². The van der Waals surface area contributed by atoms with Crippen molar-refractivity contribution in [2.45, 2.75) is 5.92 Å². The first-order chi connectivity index (χ1) is 10.3. The molecule has 1 aliphatic carbocycles. The fourth-order valence-corrected chi connectivity index (χ4v) is 3.16. The van der Waals surface area contributed by atoms with Crippen LogP contribution in [0.3, 0.4) is 0 Å². The maximum Gasteiger partial charge on any atom is 0 e. The third-order valence-electron chi connectivity index (χ3n) is 3.11. The van der Waals surface area contributed by atoms with Crippen molar-refractivity contribution in [3.63, 3.8) is 0 Å². The molecular weight excluding hydrogens is 468 g/mol. The number of hydrogen-bond donors (Lipinski definition) is 0. The molecule has 0 amide bonds. The second-order valence-corrected chi connectivity index (χ2v) is 8.22. The molecule has 0 N–H and O–H groups in total. The molecule has 0 heterocycles. The fourth-order valence-electron chi connectivity index (χ4n) is 2.13. The molecule has 0 radical (unpaired) electrons. The molecule has 5 heteroatoms. The second-order valence-electron chi connectivity index (χ2n) is 4.45. The average Bonchev–Trinajstić information content (AvgIpc) is 3.04. The van der Waals surface area contributed by atoms with Gasteiger partial charge in [-0.2, -0.15) is 0 Å². The van der Waals surface area contributed by atoms with Crippen molar-refractivity contribution in [1.29, 1.82) is 0 Å². The Labute approximate surface area is 160 Å². The smallest absolute Gasteiger partial charge is 0 e. The molecule has 2 aromatic rings. The van der Waals surface area contributed by atoms with E-state index in [0.717, 1.165) is 8.58 Å². The summed E-state index contributed by atoms with van der Waals surface area (Å²) in [4.78, 5) is 0. The zero-order valence-electron chi connectivity index (χ0n) is 11.5. The van der Waals surface area contributed by atoms with E-state index < -0.39 is 0 Å². The summed E-state index contributed by atoms with van der Waals surface area (Å²) in [6.07, 6.45) is 8.69. The largest absolute Gasteiger partial charge is 0 e. The van der Waals surface area contributed by atoms with E-state index in [0.29, 0.717) is 5.92 Å². The molecule has 0 bridgehead atoms. The minimum Gasteiger partial charge on any atom is 0 e. The van der Waals surface area contributed by atoms with Crippen LogP contribution in [0.15, 0.2) is 78.9 Å². The summed E-state index contributed by atoms with van der Waals surface area (Å²) in [6.45, 7) is 0. The van der Waals surface area contributed by atoms with E-state index in [4.69, 9.17) is 19.1 Å². The molecule has 1 unspecified atom stereocenters. The van der Waals surface area contributed by atoms with Crippen LogP contribution < -0.4 is 10.6 Å². The second kappa shape index (κ2) is 11.6. The van der Waals surface area contributed by atoms with E-state index in [1.165, 1.54) is 16.2 Å². The van der Waals surface area contributed by atoms with Gasteiger partial charge in [-0.15, -0.1) is 0 Å². The van der Waals surface area contributed by atoms with Crippen LogP contribution in [0, 0.1) is 0 Å². The number of hydrogen-bond acceptors (Lipinski definition) is 0. The minimum absolute atomic E-state index is 0. The monoisotopic (exact) mass is 482 g/mol. The molecule has 0 fully saturated rings. The van der Waals surface area contributed by atoms with Crippen LogP contribution in [-0.4, -0.2) is 0 Å². The average molecular weight is 483 g/mol. The molecule has 3 rings (SSSR count). The van der Waals surface area contributed by atoms with Crippen LogP contribution >= 0.6 is 27.6 Å². The van der Waals surface area contributed by atoms with E-state index in [2.05, 4.69) is 78.9 Å². The van der Waals surface area contributed by atoms with E-state index in [1.807, 2.05) is 0 Å². The van der Waals surface area contributed by atoms with E-state index in [1.54, 1.807) is 0 Å². The van der Waals surface area contributed by atoms with Gasteiger partial charge in [-0.05, 0) is 16.2 Å². The first kappa shape index (κ1) is 20.2. The standard InChI is InChI=1S/C17H15P.2ClH.Fe.Pd/c1-2-8-16(9-3-1)18-17-12-10-15(11-13-17)14-6-4-5-7-14;;;;/h1-14,18H;2*1H;;/q;;;;+2/p-2. The molecule has 0 saturated carbocycles. The Kier molecular flexibility index (Phi) is 10.6. The Morgan fingerprint density at radius 3 is 1.82 bits per heavy atom. The van der Waals surface area contributed by atoms with Crippen LogP contribution in [0.4, 0.5) is 0 Å². The van der Waals surface area contributed by atoms with Crippen LogP contribution in [0.5, 0.6) is 0 Å². The van der Waals surface area contributed by atoms with E-state index in [9.17, 15) is 0 Å². The van der Waals surface area contributed by atoms with Gasteiger partial charge in [0.2, 0.25) is 0 Å². The molecule has 1 aliphatic rings. The summed E-state index contributed by atoms with van der Waals surface area (Å²) in [6, 6.07) is 19.6. The fraction of sp³-hybridized carbons (Fsp3) is 0.0588. The number of allylic oxidation sites excluding steroid dienone is 4. The molecule has 0 spiro atoms. The first-order valence-electron chi connectivity index (χ1n) is 6.43.